The Morgan fingerprint density at radius 3 is 2.66 bits per heavy atom. The van der Waals surface area contributed by atoms with Crippen LogP contribution in [0.1, 0.15) is 47.4 Å². The van der Waals surface area contributed by atoms with Gasteiger partial charge in [-0.1, -0.05) is 18.2 Å². The lowest BCUT2D eigenvalue weighted by Crippen LogP contribution is -2.32. The van der Waals surface area contributed by atoms with E-state index < -0.39 is 0 Å². The number of aliphatic hydroxyl groups excluding tert-OH is 1. The number of nitro benzene ring substituents is 1. The van der Waals surface area contributed by atoms with E-state index in [9.17, 15) is 20.0 Å². The molecule has 2 aromatic rings. The fourth-order valence-corrected chi connectivity index (χ4v) is 5.19. The predicted molar refractivity (Wildman–Crippen MR) is 109 cm³/mol. The highest BCUT2D eigenvalue weighted by molar-refractivity contribution is 6.03. The van der Waals surface area contributed by atoms with Gasteiger partial charge in [0.15, 0.2) is 5.78 Å². The maximum absolute atomic E-state index is 12.9. The van der Waals surface area contributed by atoms with Crippen molar-refractivity contribution in [2.75, 3.05) is 18.1 Å². The number of nitrogens with zero attached hydrogens (tertiary/aromatic N) is 2. The second-order valence-electron chi connectivity index (χ2n) is 7.98. The number of carbonyl (C=O) groups is 1. The smallest absolute Gasteiger partial charge is 0.269 e. The van der Waals surface area contributed by atoms with Crippen molar-refractivity contribution in [2.45, 2.75) is 38.0 Å². The minimum absolute atomic E-state index is 0.00295. The van der Waals surface area contributed by atoms with Crippen LogP contribution >= 0.6 is 0 Å². The number of carbonyl (C=O) groups excluding carboxylic acids is 1. The highest BCUT2D eigenvalue weighted by atomic mass is 16.6. The maximum atomic E-state index is 12.9. The molecule has 3 aliphatic rings. The number of aliphatic hydroxyl groups is 1. The number of rotatable bonds is 4. The molecule has 29 heavy (non-hydrogen) atoms. The molecule has 5 rings (SSSR count). The van der Waals surface area contributed by atoms with Gasteiger partial charge in [0.25, 0.3) is 5.69 Å². The van der Waals surface area contributed by atoms with Crippen molar-refractivity contribution in [1.29, 1.82) is 0 Å². The Morgan fingerprint density at radius 2 is 1.90 bits per heavy atom. The number of anilines is 1. The molecule has 0 amide bonds. The van der Waals surface area contributed by atoms with Gasteiger partial charge in [-0.3, -0.25) is 14.9 Å². The fraction of sp³-hybridized carbons (Fsp3) is 0.348. The van der Waals surface area contributed by atoms with Crippen LogP contribution in [-0.4, -0.2) is 29.0 Å². The van der Waals surface area contributed by atoms with Crippen LogP contribution in [0.3, 0.4) is 0 Å². The molecule has 0 aromatic heterocycles. The zero-order valence-electron chi connectivity index (χ0n) is 16.1. The molecule has 0 radical (unpaired) electrons. The molecule has 1 aliphatic heterocycles. The number of hydrogen-bond donors (Lipinski definition) is 1. The summed E-state index contributed by atoms with van der Waals surface area (Å²) in [5.74, 6) is -0.193. The Morgan fingerprint density at radius 1 is 1.10 bits per heavy atom. The second kappa shape index (κ2) is 6.81. The quantitative estimate of drug-likeness (QED) is 0.636. The average molecular weight is 390 g/mol. The van der Waals surface area contributed by atoms with Gasteiger partial charge in [0.05, 0.1) is 11.5 Å². The van der Waals surface area contributed by atoms with E-state index in [1.165, 1.54) is 17.2 Å². The molecule has 148 valence electrons. The van der Waals surface area contributed by atoms with E-state index in [1.54, 1.807) is 12.1 Å². The second-order valence-corrected chi connectivity index (χ2v) is 7.98. The molecule has 2 aliphatic carbocycles. The number of β-amino-alcohol motifs (C(OH)–C–C–N with tert-alkyl or cyclic N) is 1. The first-order valence-electron chi connectivity index (χ1n) is 10.1. The van der Waals surface area contributed by atoms with Crippen LogP contribution in [0, 0.1) is 10.1 Å². The third-order valence-electron chi connectivity index (χ3n) is 6.40. The number of hydrogen-bond acceptors (Lipinski definition) is 5. The van der Waals surface area contributed by atoms with Gasteiger partial charge >= 0.3 is 0 Å². The van der Waals surface area contributed by atoms with Crippen LogP contribution < -0.4 is 4.90 Å². The van der Waals surface area contributed by atoms with Crippen molar-refractivity contribution in [1.82, 2.24) is 0 Å². The van der Waals surface area contributed by atoms with Crippen LogP contribution in [-0.2, 0) is 17.6 Å². The summed E-state index contributed by atoms with van der Waals surface area (Å²) in [7, 11) is 0. The molecule has 1 unspecified atom stereocenters. The summed E-state index contributed by atoms with van der Waals surface area (Å²) in [4.78, 5) is 26.0. The summed E-state index contributed by atoms with van der Waals surface area (Å²) in [5.41, 5.74) is 7.21. The first-order valence-corrected chi connectivity index (χ1v) is 10.1. The van der Waals surface area contributed by atoms with Gasteiger partial charge in [-0.15, -0.1) is 0 Å². The average Bonchev–Trinajstić information content (AvgIpc) is 3.33. The number of allylic oxidation sites excluding steroid dienone is 2. The van der Waals surface area contributed by atoms with Crippen molar-refractivity contribution in [3.63, 3.8) is 0 Å². The lowest BCUT2D eigenvalue weighted by atomic mass is 9.79. The molecule has 6 nitrogen and oxygen atoms in total. The van der Waals surface area contributed by atoms with Crippen molar-refractivity contribution in [3.05, 3.63) is 80.0 Å². The van der Waals surface area contributed by atoms with Crippen LogP contribution in [0.25, 0.3) is 0 Å². The van der Waals surface area contributed by atoms with Gasteiger partial charge in [-0.25, -0.2) is 0 Å². The standard InChI is InChI=1S/C23H22N2O4/c26-10-9-24-19-7-8-21(27)23(19)22(16-5-2-6-17(11-16)25(28)29)18-12-14-3-1-4-15(14)13-20(18)24/h2,5-6,11-13,22,26H,1,3-4,7-10H2. The largest absolute Gasteiger partial charge is 0.395 e. The normalized spacial score (nSPS) is 20.0. The predicted octanol–water partition coefficient (Wildman–Crippen LogP) is 3.64. The summed E-state index contributed by atoms with van der Waals surface area (Å²) in [6.07, 6.45) is 4.28. The summed E-state index contributed by atoms with van der Waals surface area (Å²) >= 11 is 0. The molecule has 0 fully saturated rings. The number of nitro groups is 1. The van der Waals surface area contributed by atoms with Crippen molar-refractivity contribution in [2.24, 2.45) is 0 Å². The molecular formula is C23H22N2O4. The molecule has 6 heteroatoms. The number of non-ortho nitro benzene ring substituents is 1. The number of aryl methyl sites for hydroxylation is 2. The summed E-state index contributed by atoms with van der Waals surface area (Å²) in [5, 5.41) is 21.0. The summed E-state index contributed by atoms with van der Waals surface area (Å²) < 4.78 is 0. The Balaban J connectivity index is 1.76. The van der Waals surface area contributed by atoms with E-state index in [4.69, 9.17) is 0 Å². The van der Waals surface area contributed by atoms with E-state index in [2.05, 4.69) is 17.0 Å². The van der Waals surface area contributed by atoms with Crippen LogP contribution in [0.15, 0.2) is 47.7 Å². The Labute approximate surface area is 168 Å². The maximum Gasteiger partial charge on any atom is 0.269 e. The third kappa shape index (κ3) is 2.78. The highest BCUT2D eigenvalue weighted by Gasteiger charge is 2.41. The molecule has 0 saturated carbocycles. The van der Waals surface area contributed by atoms with Gasteiger partial charge in [0.2, 0.25) is 0 Å². The molecule has 0 bridgehead atoms. The van der Waals surface area contributed by atoms with Crippen LogP contribution in [0.2, 0.25) is 0 Å². The van der Waals surface area contributed by atoms with Crippen molar-refractivity contribution < 1.29 is 14.8 Å². The van der Waals surface area contributed by atoms with Gasteiger partial charge in [-0.05, 0) is 54.0 Å². The first kappa shape index (κ1) is 18.1. The SMILES string of the molecule is O=C1CCC2=C1C(c1cccc([N+](=O)[O-])c1)c1cc3c(cc1N2CCO)CCC3. The summed E-state index contributed by atoms with van der Waals surface area (Å²) in [6.45, 7) is 0.447. The Bertz CT molecular complexity index is 1070. The Hall–Kier alpha value is -2.99. The number of benzene rings is 2. The van der Waals surface area contributed by atoms with E-state index >= 15 is 0 Å². The van der Waals surface area contributed by atoms with E-state index in [0.29, 0.717) is 19.4 Å². The minimum Gasteiger partial charge on any atom is -0.395 e. The molecule has 0 saturated heterocycles. The van der Waals surface area contributed by atoms with Gasteiger partial charge in [-0.2, -0.15) is 0 Å². The van der Waals surface area contributed by atoms with Crippen molar-refractivity contribution in [3.8, 4) is 0 Å². The third-order valence-corrected chi connectivity index (χ3v) is 6.40. The number of fused-ring (bicyclic) bond motifs is 2. The minimum atomic E-state index is -0.389. The molecule has 2 aromatic carbocycles. The van der Waals surface area contributed by atoms with Crippen LogP contribution in [0.4, 0.5) is 11.4 Å². The highest BCUT2D eigenvalue weighted by Crippen LogP contribution is 2.50. The number of Topliss-reactive ketones (excluding diaryl/α,β-unsaturated/α-hetero) is 1. The zero-order valence-corrected chi connectivity index (χ0v) is 16.1. The topological polar surface area (TPSA) is 83.7 Å². The van der Waals surface area contributed by atoms with E-state index in [0.717, 1.165) is 47.3 Å². The van der Waals surface area contributed by atoms with Crippen molar-refractivity contribution >= 4 is 17.2 Å². The van der Waals surface area contributed by atoms with Gasteiger partial charge in [0, 0.05) is 48.0 Å². The summed E-state index contributed by atoms with van der Waals surface area (Å²) in [6, 6.07) is 11.1. The Kier molecular flexibility index (Phi) is 4.24. The first-order chi connectivity index (χ1) is 14.1. The van der Waals surface area contributed by atoms with Crippen LogP contribution in [0.5, 0.6) is 0 Å². The zero-order chi connectivity index (χ0) is 20.1. The molecule has 1 heterocycles. The lowest BCUT2D eigenvalue weighted by Gasteiger charge is -2.37. The molecular weight excluding hydrogens is 368 g/mol. The monoisotopic (exact) mass is 390 g/mol. The molecule has 1 atom stereocenters. The van der Waals surface area contributed by atoms with Gasteiger partial charge in [0.1, 0.15) is 0 Å². The van der Waals surface area contributed by atoms with E-state index in [-0.39, 0.29) is 28.9 Å². The lowest BCUT2D eigenvalue weighted by molar-refractivity contribution is -0.384. The fourth-order valence-electron chi connectivity index (χ4n) is 5.19. The molecule has 1 N–H and O–H groups in total. The number of ketones is 1. The van der Waals surface area contributed by atoms with E-state index in [1.807, 2.05) is 6.07 Å². The van der Waals surface area contributed by atoms with Gasteiger partial charge < -0.3 is 10.0 Å². The molecule has 0 spiro atoms.